The Morgan fingerprint density at radius 1 is 1.21 bits per heavy atom. The van der Waals surface area contributed by atoms with Crippen LogP contribution in [0.2, 0.25) is 0 Å². The van der Waals surface area contributed by atoms with E-state index < -0.39 is 0 Å². The first-order valence-electron chi connectivity index (χ1n) is 5.79. The molecule has 96 valence electrons. The first-order chi connectivity index (χ1) is 9.18. The molecule has 0 unspecified atom stereocenters. The van der Waals surface area contributed by atoms with Crippen LogP contribution >= 0.6 is 15.9 Å². The molecule has 0 aliphatic carbocycles. The molecule has 0 saturated carbocycles. The minimum Gasteiger partial charge on any atom is -0.457 e. The monoisotopic (exact) mass is 317 g/mol. The lowest BCUT2D eigenvalue weighted by Crippen LogP contribution is -1.97. The molecule has 19 heavy (non-hydrogen) atoms. The van der Waals surface area contributed by atoms with E-state index in [0.717, 1.165) is 22.4 Å². The first kappa shape index (κ1) is 12.0. The van der Waals surface area contributed by atoms with Gasteiger partial charge in [-0.25, -0.2) is 0 Å². The van der Waals surface area contributed by atoms with Crippen LogP contribution in [0.5, 0.6) is 0 Å². The third-order valence-corrected chi connectivity index (χ3v) is 3.64. The maximum atomic E-state index is 6.15. The van der Waals surface area contributed by atoms with Crippen LogP contribution in [0, 0.1) is 0 Å². The number of nitrogens with two attached hydrogens (primary N) is 1. The summed E-state index contributed by atoms with van der Waals surface area (Å²) < 4.78 is 7.62. The van der Waals surface area contributed by atoms with Crippen LogP contribution < -0.4 is 5.73 Å². The largest absolute Gasteiger partial charge is 0.457 e. The lowest BCUT2D eigenvalue weighted by molar-refractivity contribution is 0.542. The number of benzene rings is 1. The summed E-state index contributed by atoms with van der Waals surface area (Å²) in [5.41, 5.74) is 9.81. The van der Waals surface area contributed by atoms with E-state index in [9.17, 15) is 0 Å². The average molecular weight is 318 g/mol. The molecule has 0 bridgehead atoms. The van der Waals surface area contributed by atoms with Crippen molar-refractivity contribution in [3.63, 3.8) is 0 Å². The Morgan fingerprint density at radius 2 is 1.95 bits per heavy atom. The maximum Gasteiger partial charge on any atom is 0.178 e. The minimum atomic E-state index is 0.634. The summed E-state index contributed by atoms with van der Waals surface area (Å²) in [7, 11) is 1.83. The Morgan fingerprint density at radius 3 is 2.58 bits per heavy atom. The SMILES string of the molecule is Cn1nc(-c2ccoc2Br)c(-c2ccccc2)c1N. The molecule has 2 heterocycles. The van der Waals surface area contributed by atoms with Crippen molar-refractivity contribution in [3.8, 4) is 22.4 Å². The maximum absolute atomic E-state index is 6.15. The molecule has 0 aliphatic heterocycles. The molecule has 0 saturated heterocycles. The number of rotatable bonds is 2. The highest BCUT2D eigenvalue weighted by molar-refractivity contribution is 9.10. The number of anilines is 1. The summed E-state index contributed by atoms with van der Waals surface area (Å²) in [6.45, 7) is 0. The van der Waals surface area contributed by atoms with Gasteiger partial charge >= 0.3 is 0 Å². The van der Waals surface area contributed by atoms with E-state index in [1.54, 1.807) is 10.9 Å². The van der Waals surface area contributed by atoms with Gasteiger partial charge in [0, 0.05) is 7.05 Å². The summed E-state index contributed by atoms with van der Waals surface area (Å²) >= 11 is 3.39. The van der Waals surface area contributed by atoms with Crippen LogP contribution in [0.1, 0.15) is 0 Å². The van der Waals surface area contributed by atoms with Crippen molar-refractivity contribution in [3.05, 3.63) is 47.3 Å². The number of aromatic nitrogens is 2. The van der Waals surface area contributed by atoms with Crippen LogP contribution in [-0.4, -0.2) is 9.78 Å². The Bertz CT molecular complexity index is 716. The van der Waals surface area contributed by atoms with Crippen molar-refractivity contribution in [2.75, 3.05) is 5.73 Å². The fraction of sp³-hybridized carbons (Fsp3) is 0.0714. The molecule has 2 N–H and O–H groups in total. The summed E-state index contributed by atoms with van der Waals surface area (Å²) in [5, 5.41) is 4.49. The molecule has 0 spiro atoms. The minimum absolute atomic E-state index is 0.634. The van der Waals surface area contributed by atoms with Crippen molar-refractivity contribution in [1.29, 1.82) is 0 Å². The molecule has 4 nitrogen and oxygen atoms in total. The third kappa shape index (κ3) is 1.96. The van der Waals surface area contributed by atoms with Crippen molar-refractivity contribution >= 4 is 21.7 Å². The van der Waals surface area contributed by atoms with Gasteiger partial charge in [-0.05, 0) is 27.6 Å². The van der Waals surface area contributed by atoms with E-state index in [-0.39, 0.29) is 0 Å². The number of hydrogen-bond acceptors (Lipinski definition) is 3. The lowest BCUT2D eigenvalue weighted by Gasteiger charge is -2.03. The second-order valence-corrected chi connectivity index (χ2v) is 4.93. The van der Waals surface area contributed by atoms with E-state index in [2.05, 4.69) is 21.0 Å². The van der Waals surface area contributed by atoms with Crippen molar-refractivity contribution in [2.45, 2.75) is 0 Å². The summed E-state index contributed by atoms with van der Waals surface area (Å²) in [6.07, 6.45) is 1.62. The molecule has 0 amide bonds. The lowest BCUT2D eigenvalue weighted by atomic mass is 10.0. The van der Waals surface area contributed by atoms with Crippen molar-refractivity contribution < 1.29 is 4.42 Å². The van der Waals surface area contributed by atoms with E-state index in [4.69, 9.17) is 10.2 Å². The topological polar surface area (TPSA) is 57.0 Å². The van der Waals surface area contributed by atoms with Gasteiger partial charge in [0.15, 0.2) is 4.67 Å². The number of nitrogen functional groups attached to an aromatic ring is 1. The summed E-state index contributed by atoms with van der Waals surface area (Å²) in [4.78, 5) is 0. The van der Waals surface area contributed by atoms with Gasteiger partial charge in [0.2, 0.25) is 0 Å². The number of aryl methyl sites for hydroxylation is 1. The Kier molecular flexibility index (Phi) is 2.91. The Labute approximate surface area is 119 Å². The number of halogens is 1. The van der Waals surface area contributed by atoms with Gasteiger partial charge in [0.25, 0.3) is 0 Å². The quantitative estimate of drug-likeness (QED) is 0.784. The fourth-order valence-electron chi connectivity index (χ4n) is 2.08. The van der Waals surface area contributed by atoms with Crippen molar-refractivity contribution in [1.82, 2.24) is 9.78 Å². The van der Waals surface area contributed by atoms with Gasteiger partial charge in [-0.1, -0.05) is 30.3 Å². The highest BCUT2D eigenvalue weighted by atomic mass is 79.9. The number of nitrogens with zero attached hydrogens (tertiary/aromatic N) is 2. The predicted octanol–water partition coefficient (Wildman–Crippen LogP) is 3.69. The molecule has 3 aromatic rings. The van der Waals surface area contributed by atoms with Gasteiger partial charge in [0.05, 0.1) is 17.4 Å². The normalized spacial score (nSPS) is 10.8. The van der Waals surface area contributed by atoms with Gasteiger partial charge < -0.3 is 10.2 Å². The second-order valence-electron chi connectivity index (χ2n) is 4.21. The fourth-order valence-corrected chi connectivity index (χ4v) is 2.51. The molecular formula is C14H12BrN3O. The molecular weight excluding hydrogens is 306 g/mol. The van der Waals surface area contributed by atoms with E-state index >= 15 is 0 Å². The highest BCUT2D eigenvalue weighted by Crippen LogP contribution is 2.38. The van der Waals surface area contributed by atoms with Crippen LogP contribution in [0.4, 0.5) is 5.82 Å². The van der Waals surface area contributed by atoms with Crippen LogP contribution in [0.15, 0.2) is 51.7 Å². The molecule has 5 heteroatoms. The highest BCUT2D eigenvalue weighted by Gasteiger charge is 2.20. The summed E-state index contributed by atoms with van der Waals surface area (Å²) in [6, 6.07) is 11.9. The zero-order valence-electron chi connectivity index (χ0n) is 10.3. The van der Waals surface area contributed by atoms with Gasteiger partial charge in [-0.2, -0.15) is 5.10 Å². The van der Waals surface area contributed by atoms with Gasteiger partial charge in [0.1, 0.15) is 11.5 Å². The smallest absolute Gasteiger partial charge is 0.178 e. The molecule has 3 rings (SSSR count). The van der Waals surface area contributed by atoms with Gasteiger partial charge in [-0.3, -0.25) is 4.68 Å². The van der Waals surface area contributed by atoms with Crippen LogP contribution in [0.25, 0.3) is 22.4 Å². The standard InChI is InChI=1S/C14H12BrN3O/c1-18-14(16)11(9-5-3-2-4-6-9)12(17-18)10-7-8-19-13(10)15/h2-8H,16H2,1H3. The molecule has 1 aromatic carbocycles. The van der Waals surface area contributed by atoms with E-state index in [1.165, 1.54) is 0 Å². The number of furan rings is 1. The Hall–Kier alpha value is -2.01. The second kappa shape index (κ2) is 4.59. The molecule has 0 fully saturated rings. The van der Waals surface area contributed by atoms with Crippen LogP contribution in [-0.2, 0) is 7.05 Å². The van der Waals surface area contributed by atoms with Crippen LogP contribution in [0.3, 0.4) is 0 Å². The average Bonchev–Trinajstić information content (AvgIpc) is 2.96. The molecule has 2 aromatic heterocycles. The molecule has 0 aliphatic rings. The summed E-state index contributed by atoms with van der Waals surface area (Å²) in [5.74, 6) is 0.634. The third-order valence-electron chi connectivity index (χ3n) is 3.03. The Balaban J connectivity index is 2.28. The zero-order valence-corrected chi connectivity index (χ0v) is 11.9. The predicted molar refractivity (Wildman–Crippen MR) is 78.5 cm³/mol. The molecule has 0 radical (unpaired) electrons. The number of hydrogen-bond donors (Lipinski definition) is 1. The van der Waals surface area contributed by atoms with Crippen molar-refractivity contribution in [2.24, 2.45) is 7.05 Å². The van der Waals surface area contributed by atoms with E-state index in [0.29, 0.717) is 10.5 Å². The first-order valence-corrected chi connectivity index (χ1v) is 6.59. The van der Waals surface area contributed by atoms with E-state index in [1.807, 2.05) is 43.4 Å². The molecule has 0 atom stereocenters. The zero-order chi connectivity index (χ0) is 13.4. The van der Waals surface area contributed by atoms with Gasteiger partial charge in [-0.15, -0.1) is 0 Å².